The molecule has 166 valence electrons. The number of nitrogens with zero attached hydrogens (tertiary/aromatic N) is 2. The number of carbonyl (C=O) groups is 1. The lowest BCUT2D eigenvalue weighted by Gasteiger charge is -2.17. The van der Waals surface area contributed by atoms with Gasteiger partial charge in [0.1, 0.15) is 5.75 Å². The van der Waals surface area contributed by atoms with Gasteiger partial charge in [0.05, 0.1) is 27.5 Å². The van der Waals surface area contributed by atoms with Gasteiger partial charge in [0.25, 0.3) is 11.6 Å². The number of nitro benzene ring substituents is 1. The highest BCUT2D eigenvalue weighted by Gasteiger charge is 2.35. The fourth-order valence-corrected chi connectivity index (χ4v) is 5.41. The molecular formula is C24H18N2O4S3. The summed E-state index contributed by atoms with van der Waals surface area (Å²) in [5, 5.41) is 11.7. The van der Waals surface area contributed by atoms with Crippen LogP contribution in [0.25, 0.3) is 6.08 Å². The van der Waals surface area contributed by atoms with Crippen molar-refractivity contribution in [1.29, 1.82) is 0 Å². The molecule has 1 saturated heterocycles. The number of methoxy groups -OCH3 is 1. The van der Waals surface area contributed by atoms with Crippen LogP contribution in [0.5, 0.6) is 5.75 Å². The van der Waals surface area contributed by atoms with Crippen LogP contribution < -0.4 is 9.64 Å². The number of carbonyl (C=O) groups excluding carboxylic acids is 1. The van der Waals surface area contributed by atoms with E-state index in [2.05, 4.69) is 0 Å². The molecule has 0 bridgehead atoms. The van der Waals surface area contributed by atoms with Crippen LogP contribution in [0.15, 0.2) is 81.4 Å². The van der Waals surface area contributed by atoms with Crippen LogP contribution in [-0.4, -0.2) is 22.3 Å². The maximum atomic E-state index is 13.1. The first-order valence-electron chi connectivity index (χ1n) is 9.81. The molecule has 0 N–H and O–H groups in total. The number of hydrogen-bond donors (Lipinski definition) is 0. The molecule has 3 aromatic carbocycles. The van der Waals surface area contributed by atoms with Crippen molar-refractivity contribution in [2.45, 2.75) is 16.7 Å². The number of anilines is 1. The second-order valence-corrected chi connectivity index (χ2v) is 9.88. The molecule has 4 rings (SSSR count). The SMILES string of the molecule is COc1ccccc1N1C(=O)C(=Cc2ccc(Sc3ccc(C)cc3)c([N+](=O)[O-])c2)SC1=S. The molecule has 0 atom stereocenters. The zero-order chi connectivity index (χ0) is 23.5. The number of benzene rings is 3. The molecule has 33 heavy (non-hydrogen) atoms. The van der Waals surface area contributed by atoms with Crippen LogP contribution in [0.2, 0.25) is 0 Å². The van der Waals surface area contributed by atoms with E-state index in [1.165, 1.54) is 29.8 Å². The van der Waals surface area contributed by atoms with Crippen molar-refractivity contribution < 1.29 is 14.5 Å². The van der Waals surface area contributed by atoms with Gasteiger partial charge in [0.15, 0.2) is 4.32 Å². The van der Waals surface area contributed by atoms with Gasteiger partial charge in [-0.05, 0) is 48.9 Å². The van der Waals surface area contributed by atoms with Crippen molar-refractivity contribution >= 4 is 63.4 Å². The van der Waals surface area contributed by atoms with E-state index in [9.17, 15) is 14.9 Å². The van der Waals surface area contributed by atoms with Crippen molar-refractivity contribution in [3.05, 3.63) is 92.9 Å². The van der Waals surface area contributed by atoms with Crippen LogP contribution in [0, 0.1) is 17.0 Å². The Hall–Kier alpha value is -3.14. The standard InChI is InChI=1S/C24H18N2O4S3/c1-15-7-10-17(11-8-15)32-21-12-9-16(13-19(21)26(28)29)14-22-23(27)25(24(31)33-22)18-5-3-4-6-20(18)30-2/h3-14H,1-2H3. The Balaban J connectivity index is 1.64. The van der Waals surface area contributed by atoms with E-state index in [-0.39, 0.29) is 11.6 Å². The molecule has 1 fully saturated rings. The van der Waals surface area contributed by atoms with Crippen molar-refractivity contribution in [2.75, 3.05) is 12.0 Å². The summed E-state index contributed by atoms with van der Waals surface area (Å²) in [6.07, 6.45) is 1.63. The van der Waals surface area contributed by atoms with Gasteiger partial charge in [-0.15, -0.1) is 0 Å². The first kappa shape index (κ1) is 23.0. The molecule has 0 spiro atoms. The first-order valence-corrected chi connectivity index (χ1v) is 11.9. The maximum Gasteiger partial charge on any atom is 0.283 e. The van der Waals surface area contributed by atoms with Gasteiger partial charge in [-0.3, -0.25) is 19.8 Å². The number of nitro groups is 1. The molecule has 6 nitrogen and oxygen atoms in total. The highest BCUT2D eigenvalue weighted by Crippen LogP contribution is 2.41. The minimum Gasteiger partial charge on any atom is -0.495 e. The van der Waals surface area contributed by atoms with Gasteiger partial charge in [-0.1, -0.05) is 71.6 Å². The zero-order valence-corrected chi connectivity index (χ0v) is 20.1. The van der Waals surface area contributed by atoms with Crippen molar-refractivity contribution in [3.63, 3.8) is 0 Å². The highest BCUT2D eigenvalue weighted by molar-refractivity contribution is 8.27. The number of thioether (sulfide) groups is 1. The quantitative estimate of drug-likeness (QED) is 0.168. The average molecular weight is 495 g/mol. The lowest BCUT2D eigenvalue weighted by molar-refractivity contribution is -0.387. The Morgan fingerprint density at radius 1 is 1.12 bits per heavy atom. The van der Waals surface area contributed by atoms with E-state index < -0.39 is 4.92 Å². The highest BCUT2D eigenvalue weighted by atomic mass is 32.2. The minimum absolute atomic E-state index is 0.0190. The van der Waals surface area contributed by atoms with E-state index in [1.807, 2.05) is 37.3 Å². The van der Waals surface area contributed by atoms with Crippen LogP contribution in [-0.2, 0) is 4.79 Å². The van der Waals surface area contributed by atoms with Crippen molar-refractivity contribution in [2.24, 2.45) is 0 Å². The molecule has 0 radical (unpaired) electrons. The topological polar surface area (TPSA) is 72.7 Å². The molecular weight excluding hydrogens is 476 g/mol. The lowest BCUT2D eigenvalue weighted by Crippen LogP contribution is -2.27. The van der Waals surface area contributed by atoms with E-state index in [0.717, 1.165) is 22.2 Å². The van der Waals surface area contributed by atoms with E-state index in [0.29, 0.717) is 31.1 Å². The van der Waals surface area contributed by atoms with Crippen LogP contribution in [0.4, 0.5) is 11.4 Å². The first-order chi connectivity index (χ1) is 15.9. The van der Waals surface area contributed by atoms with Gasteiger partial charge in [-0.25, -0.2) is 0 Å². The largest absolute Gasteiger partial charge is 0.495 e. The van der Waals surface area contributed by atoms with E-state index >= 15 is 0 Å². The Kier molecular flexibility index (Phi) is 6.83. The molecule has 0 unspecified atom stereocenters. The van der Waals surface area contributed by atoms with Crippen molar-refractivity contribution in [3.8, 4) is 5.75 Å². The average Bonchev–Trinajstić information content (AvgIpc) is 3.08. The predicted octanol–water partition coefficient (Wildman–Crippen LogP) is 6.47. The number of rotatable bonds is 6. The summed E-state index contributed by atoms with van der Waals surface area (Å²) in [6.45, 7) is 1.99. The molecule has 3 aromatic rings. The summed E-state index contributed by atoms with van der Waals surface area (Å²) in [7, 11) is 1.53. The van der Waals surface area contributed by atoms with Gasteiger partial charge in [0.2, 0.25) is 0 Å². The molecule has 0 aromatic heterocycles. The Bertz CT molecular complexity index is 1290. The molecule has 1 heterocycles. The minimum atomic E-state index is -0.409. The smallest absolute Gasteiger partial charge is 0.283 e. The number of hydrogen-bond acceptors (Lipinski definition) is 7. The summed E-state index contributed by atoms with van der Waals surface area (Å²) in [5.74, 6) is 0.235. The summed E-state index contributed by atoms with van der Waals surface area (Å²) in [4.78, 5) is 27.7. The molecule has 1 aliphatic heterocycles. The number of amides is 1. The number of para-hydroxylation sites is 2. The summed E-state index contributed by atoms with van der Waals surface area (Å²) in [6, 6.07) is 19.9. The molecule has 9 heteroatoms. The third-order valence-corrected chi connectivity index (χ3v) is 7.22. The van der Waals surface area contributed by atoms with Crippen molar-refractivity contribution in [1.82, 2.24) is 0 Å². The third-order valence-electron chi connectivity index (χ3n) is 4.85. The lowest BCUT2D eigenvalue weighted by atomic mass is 10.2. The molecule has 1 aliphatic rings. The Morgan fingerprint density at radius 2 is 1.85 bits per heavy atom. The van der Waals surface area contributed by atoms with Gasteiger partial charge in [-0.2, -0.15) is 0 Å². The fourth-order valence-electron chi connectivity index (χ4n) is 3.23. The number of ether oxygens (including phenoxy) is 1. The third kappa shape index (κ3) is 4.95. The number of aryl methyl sites for hydroxylation is 1. The molecule has 0 saturated carbocycles. The van der Waals surface area contributed by atoms with Crippen LogP contribution >= 0.6 is 35.7 Å². The monoisotopic (exact) mass is 494 g/mol. The summed E-state index contributed by atoms with van der Waals surface area (Å²) < 4.78 is 5.73. The predicted molar refractivity (Wildman–Crippen MR) is 137 cm³/mol. The fraction of sp³-hybridized carbons (Fsp3) is 0.0833. The summed E-state index contributed by atoms with van der Waals surface area (Å²) in [5.41, 5.74) is 2.21. The number of thiocarbonyl (C=S) groups is 1. The molecule has 1 amide bonds. The second kappa shape index (κ2) is 9.78. The van der Waals surface area contributed by atoms with E-state index in [1.54, 1.807) is 36.4 Å². The Morgan fingerprint density at radius 3 is 2.55 bits per heavy atom. The van der Waals surface area contributed by atoms with Crippen LogP contribution in [0.1, 0.15) is 11.1 Å². The van der Waals surface area contributed by atoms with Crippen LogP contribution in [0.3, 0.4) is 0 Å². The van der Waals surface area contributed by atoms with E-state index in [4.69, 9.17) is 17.0 Å². The Labute approximate surface area is 204 Å². The van der Waals surface area contributed by atoms with Gasteiger partial charge in [0, 0.05) is 11.0 Å². The molecule has 0 aliphatic carbocycles. The maximum absolute atomic E-state index is 13.1. The summed E-state index contributed by atoms with van der Waals surface area (Å²) >= 11 is 7.91. The van der Waals surface area contributed by atoms with Gasteiger partial charge < -0.3 is 4.74 Å². The zero-order valence-electron chi connectivity index (χ0n) is 17.7. The second-order valence-electron chi connectivity index (χ2n) is 7.09. The van der Waals surface area contributed by atoms with Gasteiger partial charge >= 0.3 is 0 Å². The normalized spacial score (nSPS) is 14.7.